The Morgan fingerprint density at radius 2 is 1.75 bits per heavy atom. The zero-order valence-corrected chi connectivity index (χ0v) is 16.3. The molecule has 3 heterocycles. The summed E-state index contributed by atoms with van der Waals surface area (Å²) < 4.78 is 5.13. The number of hydrogen-bond donors (Lipinski definition) is 2. The maximum atomic E-state index is 12.3. The zero-order chi connectivity index (χ0) is 15.4. The van der Waals surface area contributed by atoms with Crippen molar-refractivity contribution in [3.05, 3.63) is 0 Å². The fraction of sp³-hybridized carbons (Fsp3) is 0.941. The van der Waals surface area contributed by atoms with Gasteiger partial charge in [0.15, 0.2) is 0 Å². The number of hydrogen-bond acceptors (Lipinski definition) is 4. The van der Waals surface area contributed by atoms with E-state index in [9.17, 15) is 4.79 Å². The Morgan fingerprint density at radius 3 is 2.33 bits per heavy atom. The van der Waals surface area contributed by atoms with Gasteiger partial charge < -0.3 is 20.3 Å². The van der Waals surface area contributed by atoms with E-state index in [0.717, 1.165) is 45.5 Å². The third-order valence-corrected chi connectivity index (χ3v) is 5.61. The summed E-state index contributed by atoms with van der Waals surface area (Å²) in [5, 5.41) is 6.92. The van der Waals surface area contributed by atoms with Crippen LogP contribution in [-0.2, 0) is 9.53 Å². The van der Waals surface area contributed by atoms with Gasteiger partial charge in [0, 0.05) is 51.3 Å². The number of methoxy groups -OCH3 is 1. The lowest BCUT2D eigenvalue weighted by Crippen LogP contribution is -2.46. The lowest BCUT2D eigenvalue weighted by Gasteiger charge is -2.33. The number of likely N-dealkylation sites (tertiary alicyclic amines) is 1. The van der Waals surface area contributed by atoms with Gasteiger partial charge in [-0.1, -0.05) is 0 Å². The highest BCUT2D eigenvalue weighted by Gasteiger charge is 2.34. The molecule has 24 heavy (non-hydrogen) atoms. The number of nitrogens with one attached hydrogen (secondary N) is 2. The molecule has 3 aliphatic heterocycles. The number of ether oxygens (including phenoxy) is 1. The van der Waals surface area contributed by atoms with Crippen molar-refractivity contribution in [3.63, 3.8) is 0 Å². The van der Waals surface area contributed by atoms with Crippen LogP contribution in [-0.4, -0.2) is 62.3 Å². The minimum atomic E-state index is 0. The van der Waals surface area contributed by atoms with E-state index in [1.807, 2.05) is 0 Å². The molecule has 0 aliphatic carbocycles. The van der Waals surface area contributed by atoms with Gasteiger partial charge in [-0.25, -0.2) is 0 Å². The Balaban J connectivity index is 0.00000144. The summed E-state index contributed by atoms with van der Waals surface area (Å²) in [7, 11) is 1.75. The second-order valence-corrected chi connectivity index (χ2v) is 7.36. The fourth-order valence-corrected chi connectivity index (χ4v) is 4.41. The summed E-state index contributed by atoms with van der Waals surface area (Å²) in [6.45, 7) is 3.96. The van der Waals surface area contributed by atoms with Crippen molar-refractivity contribution >= 4 is 30.7 Å². The predicted molar refractivity (Wildman–Crippen MR) is 101 cm³/mol. The van der Waals surface area contributed by atoms with Gasteiger partial charge in [0.2, 0.25) is 5.91 Å². The standard InChI is InChI=1S/C17H31N3O2.2ClH/c1-22-9-8-20-6-4-14(5-7-20)19-17(21)12-13-10-15-2-3-16(11-13)18-15;;/h13-16,18H,2-12H2,1H3,(H,19,21);2*1H. The number of rotatable bonds is 6. The molecule has 2 atom stereocenters. The van der Waals surface area contributed by atoms with Crippen LogP contribution >= 0.6 is 24.8 Å². The molecule has 3 rings (SSSR count). The molecule has 0 aromatic heterocycles. The maximum absolute atomic E-state index is 12.3. The number of piperidine rings is 2. The van der Waals surface area contributed by atoms with Gasteiger partial charge in [-0.15, -0.1) is 24.8 Å². The first-order valence-electron chi connectivity index (χ1n) is 8.99. The van der Waals surface area contributed by atoms with E-state index in [2.05, 4.69) is 15.5 Å². The summed E-state index contributed by atoms with van der Waals surface area (Å²) in [5.74, 6) is 0.877. The van der Waals surface area contributed by atoms with E-state index >= 15 is 0 Å². The SMILES string of the molecule is COCCN1CCC(NC(=O)CC2CC3CCC(C2)N3)CC1.Cl.Cl. The predicted octanol–water partition coefficient (Wildman–Crippen LogP) is 1.98. The molecule has 0 aromatic rings. The van der Waals surface area contributed by atoms with Crippen LogP contribution in [0.4, 0.5) is 0 Å². The van der Waals surface area contributed by atoms with Gasteiger partial charge in [-0.3, -0.25) is 4.79 Å². The molecule has 0 aromatic carbocycles. The third kappa shape index (κ3) is 6.34. The average molecular weight is 382 g/mol. The molecular formula is C17H33Cl2N3O2. The first-order valence-corrected chi connectivity index (χ1v) is 8.99. The van der Waals surface area contributed by atoms with Crippen LogP contribution in [0.3, 0.4) is 0 Å². The molecule has 2 N–H and O–H groups in total. The first-order chi connectivity index (χ1) is 10.7. The lowest BCUT2D eigenvalue weighted by molar-refractivity contribution is -0.123. The number of amides is 1. The molecule has 0 radical (unpaired) electrons. The minimum Gasteiger partial charge on any atom is -0.383 e. The fourth-order valence-electron chi connectivity index (χ4n) is 4.41. The van der Waals surface area contributed by atoms with Crippen LogP contribution in [0.5, 0.6) is 0 Å². The van der Waals surface area contributed by atoms with Crippen LogP contribution in [0.2, 0.25) is 0 Å². The molecule has 7 heteroatoms. The topological polar surface area (TPSA) is 53.6 Å². The Morgan fingerprint density at radius 1 is 1.12 bits per heavy atom. The van der Waals surface area contributed by atoms with Crippen molar-refractivity contribution in [2.75, 3.05) is 33.4 Å². The average Bonchev–Trinajstić information content (AvgIpc) is 2.85. The largest absolute Gasteiger partial charge is 0.383 e. The van der Waals surface area contributed by atoms with E-state index < -0.39 is 0 Å². The molecule has 3 aliphatic rings. The van der Waals surface area contributed by atoms with Crippen LogP contribution in [0, 0.1) is 5.92 Å². The third-order valence-electron chi connectivity index (χ3n) is 5.61. The Bertz CT molecular complexity index is 367. The second kappa shape index (κ2) is 10.8. The van der Waals surface area contributed by atoms with Crippen molar-refractivity contribution in [3.8, 4) is 0 Å². The van der Waals surface area contributed by atoms with Gasteiger partial charge in [-0.05, 0) is 44.4 Å². The first kappa shape index (κ1) is 22.0. The van der Waals surface area contributed by atoms with Gasteiger partial charge in [-0.2, -0.15) is 0 Å². The highest BCUT2D eigenvalue weighted by atomic mass is 35.5. The molecule has 3 fully saturated rings. The summed E-state index contributed by atoms with van der Waals surface area (Å²) in [6.07, 6.45) is 7.89. The van der Waals surface area contributed by atoms with Crippen molar-refractivity contribution in [2.24, 2.45) is 5.92 Å². The molecule has 2 unspecified atom stereocenters. The molecule has 2 bridgehead atoms. The molecular weight excluding hydrogens is 349 g/mol. The zero-order valence-electron chi connectivity index (χ0n) is 14.7. The summed E-state index contributed by atoms with van der Waals surface area (Å²) >= 11 is 0. The van der Waals surface area contributed by atoms with Crippen LogP contribution in [0.15, 0.2) is 0 Å². The van der Waals surface area contributed by atoms with Gasteiger partial charge in [0.1, 0.15) is 0 Å². The minimum absolute atomic E-state index is 0. The molecule has 0 saturated carbocycles. The number of carbonyl (C=O) groups is 1. The second-order valence-electron chi connectivity index (χ2n) is 7.36. The molecule has 3 saturated heterocycles. The Labute approximate surface area is 158 Å². The molecule has 5 nitrogen and oxygen atoms in total. The normalized spacial score (nSPS) is 30.3. The van der Waals surface area contributed by atoms with Gasteiger partial charge in [0.25, 0.3) is 0 Å². The summed E-state index contributed by atoms with van der Waals surface area (Å²) in [6, 6.07) is 1.74. The molecule has 142 valence electrons. The van der Waals surface area contributed by atoms with E-state index in [-0.39, 0.29) is 30.7 Å². The van der Waals surface area contributed by atoms with E-state index in [4.69, 9.17) is 4.74 Å². The van der Waals surface area contributed by atoms with E-state index in [1.54, 1.807) is 7.11 Å². The number of fused-ring (bicyclic) bond motifs is 2. The highest BCUT2D eigenvalue weighted by Crippen LogP contribution is 2.32. The van der Waals surface area contributed by atoms with E-state index in [0.29, 0.717) is 24.0 Å². The van der Waals surface area contributed by atoms with Crippen molar-refractivity contribution in [2.45, 2.75) is 63.1 Å². The summed E-state index contributed by atoms with van der Waals surface area (Å²) in [5.41, 5.74) is 0. The Hall–Kier alpha value is -0.0700. The molecule has 1 amide bonds. The quantitative estimate of drug-likeness (QED) is 0.738. The smallest absolute Gasteiger partial charge is 0.220 e. The van der Waals surface area contributed by atoms with E-state index in [1.165, 1.54) is 25.7 Å². The Kier molecular flexibility index (Phi) is 9.90. The van der Waals surface area contributed by atoms with Crippen molar-refractivity contribution in [1.82, 2.24) is 15.5 Å². The van der Waals surface area contributed by atoms with Gasteiger partial charge >= 0.3 is 0 Å². The van der Waals surface area contributed by atoms with Gasteiger partial charge in [0.05, 0.1) is 6.61 Å². The van der Waals surface area contributed by atoms with Crippen LogP contribution < -0.4 is 10.6 Å². The monoisotopic (exact) mass is 381 g/mol. The number of carbonyl (C=O) groups excluding carboxylic acids is 1. The molecule has 0 spiro atoms. The van der Waals surface area contributed by atoms with Crippen LogP contribution in [0.25, 0.3) is 0 Å². The maximum Gasteiger partial charge on any atom is 0.220 e. The summed E-state index contributed by atoms with van der Waals surface area (Å²) in [4.78, 5) is 14.7. The number of halogens is 2. The highest BCUT2D eigenvalue weighted by molar-refractivity contribution is 5.85. The van der Waals surface area contributed by atoms with Crippen molar-refractivity contribution < 1.29 is 9.53 Å². The number of nitrogens with zero attached hydrogens (tertiary/aromatic N) is 1. The van der Waals surface area contributed by atoms with Crippen LogP contribution in [0.1, 0.15) is 44.9 Å². The van der Waals surface area contributed by atoms with Crippen molar-refractivity contribution in [1.29, 1.82) is 0 Å². The lowest BCUT2D eigenvalue weighted by atomic mass is 9.89.